The molecule has 4 rings (SSSR count). The van der Waals surface area contributed by atoms with Crippen molar-refractivity contribution in [2.45, 2.75) is 82.5 Å². The van der Waals surface area contributed by atoms with Gasteiger partial charge < -0.3 is 24.8 Å². The smallest absolute Gasteiger partial charge is 0.409 e. The molecule has 2 atom stereocenters. The number of amides is 3. The Bertz CT molecular complexity index is 541. The fraction of sp³-hybridized carbons (Fsp3) is 0.900. The van der Waals surface area contributed by atoms with Crippen LogP contribution in [0.3, 0.4) is 0 Å². The van der Waals surface area contributed by atoms with Gasteiger partial charge in [0.15, 0.2) is 0 Å². The zero-order valence-corrected chi connectivity index (χ0v) is 16.6. The van der Waals surface area contributed by atoms with Crippen LogP contribution in [0, 0.1) is 0 Å². The van der Waals surface area contributed by atoms with E-state index in [1.165, 1.54) is 12.8 Å². The van der Waals surface area contributed by atoms with Crippen LogP contribution < -0.4 is 5.32 Å². The summed E-state index contributed by atoms with van der Waals surface area (Å²) in [4.78, 5) is 31.0. The Morgan fingerprint density at radius 3 is 2.37 bits per heavy atom. The number of carbonyl (C=O) groups excluding carboxylic acids is 2. The Morgan fingerprint density at radius 2 is 1.67 bits per heavy atom. The van der Waals surface area contributed by atoms with Crippen molar-refractivity contribution in [3.8, 4) is 0 Å². The normalized spacial score (nSPS) is 30.9. The van der Waals surface area contributed by atoms with Gasteiger partial charge in [-0.2, -0.15) is 0 Å². The Labute approximate surface area is 162 Å². The van der Waals surface area contributed by atoms with Crippen molar-refractivity contribution in [2.75, 3.05) is 32.8 Å². The van der Waals surface area contributed by atoms with Gasteiger partial charge >= 0.3 is 12.1 Å². The summed E-state index contributed by atoms with van der Waals surface area (Å²) < 4.78 is 5.12. The fourth-order valence-electron chi connectivity index (χ4n) is 5.59. The molecule has 4 fully saturated rings. The summed E-state index contributed by atoms with van der Waals surface area (Å²) >= 11 is 0. The van der Waals surface area contributed by atoms with Crippen LogP contribution in [0.25, 0.3) is 0 Å². The first kappa shape index (κ1) is 18.8. The van der Waals surface area contributed by atoms with Gasteiger partial charge in [-0.1, -0.05) is 12.8 Å². The third kappa shape index (κ3) is 3.89. The molecule has 7 nitrogen and oxygen atoms in total. The average Bonchev–Trinajstić information content (AvgIpc) is 3.04. The van der Waals surface area contributed by atoms with Gasteiger partial charge in [0.25, 0.3) is 0 Å². The van der Waals surface area contributed by atoms with Gasteiger partial charge in [0.05, 0.1) is 18.7 Å². The molecule has 3 saturated heterocycles. The maximum absolute atomic E-state index is 12.5. The summed E-state index contributed by atoms with van der Waals surface area (Å²) in [5, 5.41) is 3.23. The number of piperidine rings is 2. The quantitative estimate of drug-likeness (QED) is 0.819. The standard InChI is InChI=1S/C20H34N4O3/c1-2-27-20(26)23-13-7-15(8-14-23)22-11-9-16(10-12-22)24-18-6-4-3-5-17(18)21-19(24)25/h15-18H,2-14H2,1H3,(H,21,25)/t17-,18-/m0/s1. The van der Waals surface area contributed by atoms with E-state index in [0.717, 1.165) is 64.7 Å². The largest absolute Gasteiger partial charge is 0.450 e. The van der Waals surface area contributed by atoms with Crippen molar-refractivity contribution in [2.24, 2.45) is 0 Å². The highest BCUT2D eigenvalue weighted by Crippen LogP contribution is 2.33. The minimum Gasteiger partial charge on any atom is -0.450 e. The maximum atomic E-state index is 12.5. The number of carbonyl (C=O) groups is 2. The minimum absolute atomic E-state index is 0.170. The number of hydrogen-bond donors (Lipinski definition) is 1. The lowest BCUT2D eigenvalue weighted by atomic mass is 9.89. The molecular formula is C20H34N4O3. The second-order valence-electron chi connectivity index (χ2n) is 8.50. The molecule has 0 aromatic carbocycles. The van der Waals surface area contributed by atoms with Gasteiger partial charge in [-0.15, -0.1) is 0 Å². The lowest BCUT2D eigenvalue weighted by Gasteiger charge is -2.44. The molecule has 3 amide bonds. The lowest BCUT2D eigenvalue weighted by Crippen LogP contribution is -2.53. The van der Waals surface area contributed by atoms with Crippen molar-refractivity contribution in [3.63, 3.8) is 0 Å². The van der Waals surface area contributed by atoms with Crippen molar-refractivity contribution in [1.82, 2.24) is 20.0 Å². The van der Waals surface area contributed by atoms with E-state index in [0.29, 0.717) is 30.8 Å². The highest BCUT2D eigenvalue weighted by Gasteiger charge is 2.44. The van der Waals surface area contributed by atoms with Gasteiger partial charge in [0.1, 0.15) is 0 Å². The van der Waals surface area contributed by atoms with Crippen LogP contribution in [0.1, 0.15) is 58.3 Å². The van der Waals surface area contributed by atoms with E-state index in [1.807, 2.05) is 11.8 Å². The molecule has 1 saturated carbocycles. The molecule has 3 aliphatic heterocycles. The predicted molar refractivity (Wildman–Crippen MR) is 103 cm³/mol. The van der Waals surface area contributed by atoms with Crippen LogP contribution in [0.4, 0.5) is 9.59 Å². The van der Waals surface area contributed by atoms with E-state index >= 15 is 0 Å². The number of rotatable bonds is 3. The topological polar surface area (TPSA) is 65.1 Å². The number of ether oxygens (including phenoxy) is 1. The number of likely N-dealkylation sites (tertiary alicyclic amines) is 2. The molecule has 4 aliphatic rings. The summed E-state index contributed by atoms with van der Waals surface area (Å²) in [6, 6.07) is 1.95. The number of hydrogen-bond acceptors (Lipinski definition) is 4. The fourth-order valence-corrected chi connectivity index (χ4v) is 5.59. The van der Waals surface area contributed by atoms with E-state index < -0.39 is 0 Å². The molecule has 152 valence electrons. The third-order valence-electron chi connectivity index (χ3n) is 7.03. The molecule has 0 bridgehead atoms. The van der Waals surface area contributed by atoms with Crippen molar-refractivity contribution < 1.29 is 14.3 Å². The first-order valence-electron chi connectivity index (χ1n) is 10.9. The Kier molecular flexibility index (Phi) is 5.76. The van der Waals surface area contributed by atoms with E-state index in [-0.39, 0.29) is 12.1 Å². The summed E-state index contributed by atoms with van der Waals surface area (Å²) in [5.41, 5.74) is 0. The monoisotopic (exact) mass is 378 g/mol. The first-order chi connectivity index (χ1) is 13.2. The molecule has 0 radical (unpaired) electrons. The summed E-state index contributed by atoms with van der Waals surface area (Å²) in [5.74, 6) is 0. The molecule has 0 aromatic heterocycles. The van der Waals surface area contributed by atoms with E-state index in [9.17, 15) is 9.59 Å². The maximum Gasteiger partial charge on any atom is 0.409 e. The van der Waals surface area contributed by atoms with Crippen molar-refractivity contribution in [1.29, 1.82) is 0 Å². The van der Waals surface area contributed by atoms with Crippen molar-refractivity contribution in [3.05, 3.63) is 0 Å². The zero-order valence-electron chi connectivity index (χ0n) is 16.6. The number of fused-ring (bicyclic) bond motifs is 1. The van der Waals surface area contributed by atoms with Gasteiger partial charge in [-0.25, -0.2) is 9.59 Å². The summed E-state index contributed by atoms with van der Waals surface area (Å²) in [6.07, 6.45) is 8.85. The van der Waals surface area contributed by atoms with E-state index in [1.54, 1.807) is 0 Å². The Morgan fingerprint density at radius 1 is 1.00 bits per heavy atom. The number of nitrogens with zero attached hydrogens (tertiary/aromatic N) is 3. The highest BCUT2D eigenvalue weighted by molar-refractivity contribution is 5.78. The molecule has 0 spiro atoms. The second kappa shape index (κ2) is 8.25. The molecule has 1 aliphatic carbocycles. The van der Waals surface area contributed by atoms with Crippen LogP contribution in [0.2, 0.25) is 0 Å². The van der Waals surface area contributed by atoms with E-state index in [2.05, 4.69) is 15.1 Å². The van der Waals surface area contributed by atoms with E-state index in [4.69, 9.17) is 4.74 Å². The van der Waals surface area contributed by atoms with Gasteiger partial charge in [-0.3, -0.25) is 0 Å². The molecule has 1 N–H and O–H groups in total. The molecule has 3 heterocycles. The van der Waals surface area contributed by atoms with Crippen LogP contribution in [0.15, 0.2) is 0 Å². The molecular weight excluding hydrogens is 344 g/mol. The molecule has 27 heavy (non-hydrogen) atoms. The third-order valence-corrected chi connectivity index (χ3v) is 7.03. The minimum atomic E-state index is -0.170. The van der Waals surface area contributed by atoms with Gasteiger partial charge in [0, 0.05) is 38.3 Å². The Balaban J connectivity index is 1.26. The van der Waals surface area contributed by atoms with Crippen LogP contribution >= 0.6 is 0 Å². The molecule has 0 aromatic rings. The zero-order chi connectivity index (χ0) is 18.8. The first-order valence-corrected chi connectivity index (χ1v) is 10.9. The Hall–Kier alpha value is -1.50. The molecule has 0 unspecified atom stereocenters. The van der Waals surface area contributed by atoms with Gasteiger partial charge in [0.2, 0.25) is 0 Å². The molecule has 7 heteroatoms. The summed E-state index contributed by atoms with van der Waals surface area (Å²) in [6.45, 7) is 6.01. The lowest BCUT2D eigenvalue weighted by molar-refractivity contribution is 0.0490. The highest BCUT2D eigenvalue weighted by atomic mass is 16.6. The summed E-state index contributed by atoms with van der Waals surface area (Å²) in [7, 11) is 0. The van der Waals surface area contributed by atoms with Crippen LogP contribution in [-0.4, -0.2) is 83.8 Å². The SMILES string of the molecule is CCOC(=O)N1CCC(N2CCC(N3C(=O)N[C@H]4CCCC[C@@H]43)CC2)CC1. The van der Waals surface area contributed by atoms with Crippen LogP contribution in [-0.2, 0) is 4.74 Å². The van der Waals surface area contributed by atoms with Gasteiger partial charge in [-0.05, 0) is 45.4 Å². The number of urea groups is 1. The van der Waals surface area contributed by atoms with Crippen LogP contribution in [0.5, 0.6) is 0 Å². The second-order valence-corrected chi connectivity index (χ2v) is 8.50. The number of nitrogens with one attached hydrogen (secondary N) is 1. The van der Waals surface area contributed by atoms with Crippen molar-refractivity contribution >= 4 is 12.1 Å². The predicted octanol–water partition coefficient (Wildman–Crippen LogP) is 2.41. The average molecular weight is 379 g/mol.